The van der Waals surface area contributed by atoms with Gasteiger partial charge in [-0.3, -0.25) is 0 Å². The maximum absolute atomic E-state index is 16.3. The number of fused-ring (bicyclic) bond motifs is 1. The summed E-state index contributed by atoms with van der Waals surface area (Å²) >= 11 is 6.50. The highest BCUT2D eigenvalue weighted by molar-refractivity contribution is 6.34. The molecule has 2 aliphatic rings. The van der Waals surface area contributed by atoms with Crippen LogP contribution in [-0.2, 0) is 6.18 Å². The van der Waals surface area contributed by atoms with Crippen molar-refractivity contribution in [1.82, 2.24) is 20.3 Å². The van der Waals surface area contributed by atoms with Crippen LogP contribution in [0.2, 0.25) is 5.02 Å². The molecule has 2 fully saturated rings. The van der Waals surface area contributed by atoms with Crippen molar-refractivity contribution in [2.75, 3.05) is 30.3 Å². The Morgan fingerprint density at radius 1 is 1.16 bits per heavy atom. The summed E-state index contributed by atoms with van der Waals surface area (Å²) in [5, 5.41) is 3.38. The zero-order valence-corrected chi connectivity index (χ0v) is 21.9. The SMILES string of the molecule is Cc1cc(N)nc(-c2c(Cl)cc3c(N4CCCC[C@@H]4C)nc(OC[C@@H]4CCCN4)nc3c2F)c1C(F)(F)F. The van der Waals surface area contributed by atoms with Crippen LogP contribution in [0, 0.1) is 12.7 Å². The van der Waals surface area contributed by atoms with Gasteiger partial charge >= 0.3 is 12.2 Å². The van der Waals surface area contributed by atoms with Gasteiger partial charge in [0.25, 0.3) is 0 Å². The molecule has 3 aromatic rings. The van der Waals surface area contributed by atoms with E-state index >= 15 is 4.39 Å². The number of alkyl halides is 3. The third-order valence-electron chi connectivity index (χ3n) is 7.25. The second-order valence-electron chi connectivity index (χ2n) is 10.0. The number of nitrogens with two attached hydrogens (primary N) is 1. The number of anilines is 2. The van der Waals surface area contributed by atoms with Gasteiger partial charge < -0.3 is 20.7 Å². The van der Waals surface area contributed by atoms with Gasteiger partial charge in [0.1, 0.15) is 23.8 Å². The predicted molar refractivity (Wildman–Crippen MR) is 139 cm³/mol. The number of ether oxygens (including phenoxy) is 1. The number of piperidine rings is 1. The molecular formula is C26H29ClF4N6O. The lowest BCUT2D eigenvalue weighted by molar-refractivity contribution is -0.137. The van der Waals surface area contributed by atoms with E-state index in [1.807, 2.05) is 4.90 Å². The van der Waals surface area contributed by atoms with Crippen LogP contribution in [0.15, 0.2) is 12.1 Å². The summed E-state index contributed by atoms with van der Waals surface area (Å²) in [4.78, 5) is 14.9. The second kappa shape index (κ2) is 10.3. The Kier molecular flexibility index (Phi) is 7.25. The van der Waals surface area contributed by atoms with Crippen LogP contribution in [0.25, 0.3) is 22.2 Å². The van der Waals surface area contributed by atoms with E-state index in [0.717, 1.165) is 44.7 Å². The molecule has 204 valence electrons. The summed E-state index contributed by atoms with van der Waals surface area (Å²) in [5.74, 6) is -0.774. The molecule has 2 aromatic heterocycles. The molecule has 2 saturated heterocycles. The van der Waals surface area contributed by atoms with Gasteiger partial charge in [-0.1, -0.05) is 11.6 Å². The first-order valence-corrected chi connectivity index (χ1v) is 13.1. The lowest BCUT2D eigenvalue weighted by atomic mass is 9.98. The maximum Gasteiger partial charge on any atom is 0.418 e. The topological polar surface area (TPSA) is 89.2 Å². The number of pyridine rings is 1. The number of aromatic nitrogens is 3. The molecule has 2 aliphatic heterocycles. The van der Waals surface area contributed by atoms with Crippen LogP contribution in [0.3, 0.4) is 0 Å². The number of nitrogens with zero attached hydrogens (tertiary/aromatic N) is 4. The third-order valence-corrected chi connectivity index (χ3v) is 7.55. The van der Waals surface area contributed by atoms with Crippen molar-refractivity contribution < 1.29 is 22.3 Å². The summed E-state index contributed by atoms with van der Waals surface area (Å²) in [6.07, 6.45) is 0.0358. The normalized spacial score (nSPS) is 20.3. The first kappa shape index (κ1) is 26.7. The van der Waals surface area contributed by atoms with E-state index in [2.05, 4.69) is 27.2 Å². The molecule has 0 radical (unpaired) electrons. The van der Waals surface area contributed by atoms with E-state index in [-0.39, 0.29) is 46.6 Å². The monoisotopic (exact) mass is 552 g/mol. The molecule has 12 heteroatoms. The van der Waals surface area contributed by atoms with Crippen LogP contribution in [0.4, 0.5) is 29.2 Å². The Labute approximate surface area is 222 Å². The smallest absolute Gasteiger partial charge is 0.418 e. The summed E-state index contributed by atoms with van der Waals surface area (Å²) < 4.78 is 64.4. The highest BCUT2D eigenvalue weighted by atomic mass is 35.5. The van der Waals surface area contributed by atoms with Crippen molar-refractivity contribution in [3.63, 3.8) is 0 Å². The van der Waals surface area contributed by atoms with Crippen molar-refractivity contribution in [2.24, 2.45) is 0 Å². The van der Waals surface area contributed by atoms with Crippen LogP contribution in [0.1, 0.15) is 50.2 Å². The zero-order valence-electron chi connectivity index (χ0n) is 21.1. The van der Waals surface area contributed by atoms with E-state index < -0.39 is 28.8 Å². The average molecular weight is 553 g/mol. The number of benzene rings is 1. The quantitative estimate of drug-likeness (QED) is 0.381. The lowest BCUT2D eigenvalue weighted by Gasteiger charge is -2.35. The Balaban J connectivity index is 1.72. The lowest BCUT2D eigenvalue weighted by Crippen LogP contribution is -2.38. The van der Waals surface area contributed by atoms with Crippen molar-refractivity contribution >= 4 is 34.1 Å². The molecule has 3 N–H and O–H groups in total. The fourth-order valence-electron chi connectivity index (χ4n) is 5.38. The number of hydrogen-bond donors (Lipinski definition) is 2. The molecule has 0 bridgehead atoms. The number of nitrogen functional groups attached to an aromatic ring is 1. The van der Waals surface area contributed by atoms with E-state index in [1.54, 1.807) is 0 Å². The molecule has 38 heavy (non-hydrogen) atoms. The molecule has 5 rings (SSSR count). The molecule has 1 aromatic carbocycles. The van der Waals surface area contributed by atoms with Gasteiger partial charge in [0, 0.05) is 24.0 Å². The minimum Gasteiger partial charge on any atom is -0.462 e. The fourth-order valence-corrected chi connectivity index (χ4v) is 5.67. The molecule has 2 atom stereocenters. The predicted octanol–water partition coefficient (Wildman–Crippen LogP) is 5.90. The summed E-state index contributed by atoms with van der Waals surface area (Å²) in [5.41, 5.74) is 3.12. The molecule has 0 aliphatic carbocycles. The molecule has 4 heterocycles. The Hall–Kier alpha value is -2.92. The number of halogens is 5. The molecule has 0 saturated carbocycles. The van der Waals surface area contributed by atoms with Gasteiger partial charge in [0.15, 0.2) is 5.82 Å². The zero-order chi connectivity index (χ0) is 27.2. The van der Waals surface area contributed by atoms with E-state index in [9.17, 15) is 13.2 Å². The first-order valence-electron chi connectivity index (χ1n) is 12.7. The number of nitrogens with one attached hydrogen (secondary N) is 1. The van der Waals surface area contributed by atoms with Crippen molar-refractivity contribution in [3.05, 3.63) is 34.1 Å². The molecule has 7 nitrogen and oxygen atoms in total. The average Bonchev–Trinajstić information content (AvgIpc) is 3.35. The Morgan fingerprint density at radius 3 is 2.63 bits per heavy atom. The number of rotatable bonds is 5. The Bertz CT molecular complexity index is 1360. The highest BCUT2D eigenvalue weighted by Crippen LogP contribution is 2.45. The van der Waals surface area contributed by atoms with Gasteiger partial charge in [0.05, 0.1) is 21.8 Å². The number of hydrogen-bond acceptors (Lipinski definition) is 7. The minimum atomic E-state index is -4.81. The first-order chi connectivity index (χ1) is 18.0. The molecule has 0 unspecified atom stereocenters. The minimum absolute atomic E-state index is 0.0427. The fraction of sp³-hybridized carbons (Fsp3) is 0.500. The molecular weight excluding hydrogens is 524 g/mol. The maximum atomic E-state index is 16.3. The van der Waals surface area contributed by atoms with E-state index in [0.29, 0.717) is 17.7 Å². The molecule has 0 spiro atoms. The van der Waals surface area contributed by atoms with Crippen LogP contribution in [0.5, 0.6) is 6.01 Å². The van der Waals surface area contributed by atoms with E-state index in [1.165, 1.54) is 13.0 Å². The van der Waals surface area contributed by atoms with Crippen molar-refractivity contribution in [3.8, 4) is 17.3 Å². The summed E-state index contributed by atoms with van der Waals surface area (Å²) in [6, 6.07) is 2.70. The number of aryl methyl sites for hydroxylation is 1. The van der Waals surface area contributed by atoms with Gasteiger partial charge in [-0.2, -0.15) is 23.1 Å². The van der Waals surface area contributed by atoms with Crippen molar-refractivity contribution in [2.45, 2.75) is 64.2 Å². The van der Waals surface area contributed by atoms with Gasteiger partial charge in [-0.15, -0.1) is 0 Å². The van der Waals surface area contributed by atoms with Gasteiger partial charge in [-0.05, 0) is 70.2 Å². The van der Waals surface area contributed by atoms with Gasteiger partial charge in [0.2, 0.25) is 0 Å². The van der Waals surface area contributed by atoms with Crippen LogP contribution >= 0.6 is 11.6 Å². The second-order valence-corrected chi connectivity index (χ2v) is 10.4. The largest absolute Gasteiger partial charge is 0.462 e. The third kappa shape index (κ3) is 5.05. The Morgan fingerprint density at radius 2 is 1.95 bits per heavy atom. The molecule has 0 amide bonds. The highest BCUT2D eigenvalue weighted by Gasteiger charge is 2.38. The van der Waals surface area contributed by atoms with E-state index in [4.69, 9.17) is 22.1 Å². The van der Waals surface area contributed by atoms with Crippen LogP contribution < -0.4 is 20.7 Å². The van der Waals surface area contributed by atoms with Crippen LogP contribution in [-0.4, -0.2) is 46.7 Å². The van der Waals surface area contributed by atoms with Crippen molar-refractivity contribution in [1.29, 1.82) is 0 Å². The standard InChI is InChI=1S/C26H29ClF4N6O/c1-13-10-18(32)34-23(20(13)26(29,30)31)19-17(27)11-16-22(21(19)28)35-25(38-12-15-7-5-8-33-15)36-24(16)37-9-4-3-6-14(37)2/h10-11,14-15,33H,3-9,12H2,1-2H3,(H2,32,34)/t14-,15-/m0/s1. The summed E-state index contributed by atoms with van der Waals surface area (Å²) in [7, 11) is 0. The summed E-state index contributed by atoms with van der Waals surface area (Å²) in [6.45, 7) is 5.16. The van der Waals surface area contributed by atoms with Gasteiger partial charge in [-0.25, -0.2) is 9.37 Å².